The summed E-state index contributed by atoms with van der Waals surface area (Å²) in [4.78, 5) is 36.4. The molecule has 1 aliphatic carbocycles. The van der Waals surface area contributed by atoms with Crippen molar-refractivity contribution in [1.82, 2.24) is 15.8 Å². The number of aliphatic carboxylic acids is 1. The van der Waals surface area contributed by atoms with Gasteiger partial charge in [0, 0.05) is 25.4 Å². The van der Waals surface area contributed by atoms with Crippen LogP contribution in [-0.2, 0) is 14.3 Å². The van der Waals surface area contributed by atoms with E-state index < -0.39 is 24.0 Å². The minimum atomic E-state index is -1.03. The number of piperidine rings is 1. The molecule has 2 aromatic carbocycles. The Hall–Kier alpha value is -3.39. The van der Waals surface area contributed by atoms with Gasteiger partial charge in [0.15, 0.2) is 0 Å². The molecule has 2 aromatic rings. The van der Waals surface area contributed by atoms with Gasteiger partial charge in [0.05, 0.1) is 0 Å². The lowest BCUT2D eigenvalue weighted by atomic mass is 9.98. The molecule has 0 spiro atoms. The molecule has 1 aliphatic heterocycles. The molecule has 1 heterocycles. The number of alkyl carbamates (subject to hydrolysis) is 1. The predicted octanol–water partition coefficient (Wildman–Crippen LogP) is 3.28. The quantitative estimate of drug-likeness (QED) is 0.569. The first-order valence-electron chi connectivity index (χ1n) is 11.4. The number of hydrogen-bond acceptors (Lipinski definition) is 5. The van der Waals surface area contributed by atoms with Crippen molar-refractivity contribution in [2.45, 2.75) is 44.1 Å². The topological polar surface area (TPSA) is 108 Å². The van der Waals surface area contributed by atoms with E-state index in [1.165, 1.54) is 0 Å². The summed E-state index contributed by atoms with van der Waals surface area (Å²) in [5.74, 6) is -1.55. The van der Waals surface area contributed by atoms with Gasteiger partial charge in [0.2, 0.25) is 0 Å². The third-order valence-corrected chi connectivity index (χ3v) is 6.22. The summed E-state index contributed by atoms with van der Waals surface area (Å²) in [6, 6.07) is 15.1. The second-order valence-corrected chi connectivity index (χ2v) is 8.48. The third kappa shape index (κ3) is 5.51. The van der Waals surface area contributed by atoms with Gasteiger partial charge in [-0.3, -0.25) is 15.0 Å². The zero-order chi connectivity index (χ0) is 23.2. The zero-order valence-electron chi connectivity index (χ0n) is 18.5. The van der Waals surface area contributed by atoms with Gasteiger partial charge in [-0.05, 0) is 41.5 Å². The van der Waals surface area contributed by atoms with Gasteiger partial charge in [0.1, 0.15) is 12.6 Å². The number of nitrogens with one attached hydrogen (secondary N) is 2. The standard InChI is InChI=1S/C25H29N3O5/c29-23(30)13-12-22(24(31)27-28-14-6-1-7-15-28)26-25(32)33-16-21-19-10-4-2-8-17(19)18-9-3-5-11-20(18)21/h2-5,8-11,21-22H,1,6-7,12-16H2,(H,26,32)(H,27,31)(H,29,30). The molecule has 8 nitrogen and oxygen atoms in total. The fraction of sp³-hybridized carbons (Fsp3) is 0.400. The van der Waals surface area contributed by atoms with Crippen molar-refractivity contribution in [3.63, 3.8) is 0 Å². The van der Waals surface area contributed by atoms with Crippen LogP contribution in [0.2, 0.25) is 0 Å². The predicted molar refractivity (Wildman–Crippen MR) is 122 cm³/mol. The molecule has 4 rings (SSSR count). The summed E-state index contributed by atoms with van der Waals surface area (Å²) < 4.78 is 5.53. The Morgan fingerprint density at radius 1 is 0.970 bits per heavy atom. The van der Waals surface area contributed by atoms with E-state index in [9.17, 15) is 14.4 Å². The van der Waals surface area contributed by atoms with E-state index in [-0.39, 0.29) is 25.4 Å². The van der Waals surface area contributed by atoms with Crippen LogP contribution in [0.15, 0.2) is 48.5 Å². The number of amides is 2. The molecule has 2 aliphatic rings. The van der Waals surface area contributed by atoms with Crippen molar-refractivity contribution in [3.8, 4) is 11.1 Å². The van der Waals surface area contributed by atoms with Gasteiger partial charge in [-0.2, -0.15) is 0 Å². The van der Waals surface area contributed by atoms with Crippen molar-refractivity contribution in [1.29, 1.82) is 0 Å². The third-order valence-electron chi connectivity index (χ3n) is 6.22. The van der Waals surface area contributed by atoms with Crippen LogP contribution in [0.4, 0.5) is 4.79 Å². The number of hydrogen-bond donors (Lipinski definition) is 3. The number of ether oxygens (including phenoxy) is 1. The summed E-state index contributed by atoms with van der Waals surface area (Å²) in [6.45, 7) is 1.60. The van der Waals surface area contributed by atoms with Crippen LogP contribution >= 0.6 is 0 Å². The van der Waals surface area contributed by atoms with Crippen molar-refractivity contribution in [3.05, 3.63) is 59.7 Å². The molecular formula is C25H29N3O5. The number of nitrogens with zero attached hydrogens (tertiary/aromatic N) is 1. The highest BCUT2D eigenvalue weighted by Crippen LogP contribution is 2.44. The highest BCUT2D eigenvalue weighted by Gasteiger charge is 2.30. The van der Waals surface area contributed by atoms with Gasteiger partial charge in [-0.25, -0.2) is 9.80 Å². The molecule has 0 aromatic heterocycles. The van der Waals surface area contributed by atoms with Crippen LogP contribution in [0.3, 0.4) is 0 Å². The van der Waals surface area contributed by atoms with E-state index in [0.29, 0.717) is 0 Å². The second kappa shape index (κ2) is 10.5. The van der Waals surface area contributed by atoms with Crippen LogP contribution in [0.5, 0.6) is 0 Å². The molecule has 0 bridgehead atoms. The number of rotatable bonds is 8. The summed E-state index contributed by atoms with van der Waals surface area (Å²) in [6.07, 6.45) is 2.11. The van der Waals surface area contributed by atoms with Gasteiger partial charge in [0.25, 0.3) is 5.91 Å². The fourth-order valence-electron chi connectivity index (χ4n) is 4.56. The van der Waals surface area contributed by atoms with Gasteiger partial charge in [-0.15, -0.1) is 0 Å². The Morgan fingerprint density at radius 3 is 2.18 bits per heavy atom. The molecule has 1 fully saturated rings. The molecule has 3 N–H and O–H groups in total. The van der Waals surface area contributed by atoms with Crippen LogP contribution in [0, 0.1) is 0 Å². The number of benzene rings is 2. The SMILES string of the molecule is O=C(O)CCC(NC(=O)OCC1c2ccccc2-c2ccccc21)C(=O)NN1CCCCC1. The molecule has 1 atom stereocenters. The fourth-order valence-corrected chi connectivity index (χ4v) is 4.56. The second-order valence-electron chi connectivity index (χ2n) is 8.48. The average Bonchev–Trinajstić information content (AvgIpc) is 3.14. The molecule has 0 radical (unpaired) electrons. The molecule has 174 valence electrons. The van der Waals surface area contributed by atoms with Crippen molar-refractivity contribution < 1.29 is 24.2 Å². The van der Waals surface area contributed by atoms with E-state index in [2.05, 4.69) is 22.9 Å². The highest BCUT2D eigenvalue weighted by atomic mass is 16.5. The van der Waals surface area contributed by atoms with Crippen LogP contribution in [-0.4, -0.2) is 53.8 Å². The summed E-state index contributed by atoms with van der Waals surface area (Å²) in [5, 5.41) is 13.4. The lowest BCUT2D eigenvalue weighted by Crippen LogP contribution is -2.53. The Balaban J connectivity index is 1.39. The molecule has 2 amide bonds. The number of carbonyl (C=O) groups excluding carboxylic acids is 2. The number of carbonyl (C=O) groups is 3. The van der Waals surface area contributed by atoms with Crippen molar-refractivity contribution >= 4 is 18.0 Å². The molecule has 8 heteroatoms. The van der Waals surface area contributed by atoms with Gasteiger partial charge < -0.3 is 15.2 Å². The van der Waals surface area contributed by atoms with E-state index >= 15 is 0 Å². The normalized spacial score (nSPS) is 16.4. The first-order valence-corrected chi connectivity index (χ1v) is 11.4. The smallest absolute Gasteiger partial charge is 0.407 e. The first-order chi connectivity index (χ1) is 16.0. The minimum absolute atomic E-state index is 0.0147. The van der Waals surface area contributed by atoms with E-state index in [4.69, 9.17) is 9.84 Å². The highest BCUT2D eigenvalue weighted by molar-refractivity contribution is 5.86. The van der Waals surface area contributed by atoms with Crippen LogP contribution in [0.25, 0.3) is 11.1 Å². The van der Waals surface area contributed by atoms with Gasteiger partial charge >= 0.3 is 12.1 Å². The van der Waals surface area contributed by atoms with E-state index in [1.54, 1.807) is 0 Å². The van der Waals surface area contributed by atoms with Crippen molar-refractivity contribution in [2.24, 2.45) is 0 Å². The monoisotopic (exact) mass is 451 g/mol. The summed E-state index contributed by atoms with van der Waals surface area (Å²) >= 11 is 0. The largest absolute Gasteiger partial charge is 0.481 e. The average molecular weight is 452 g/mol. The number of hydrazine groups is 1. The maximum atomic E-state index is 12.7. The Labute approximate surface area is 192 Å². The number of carboxylic acids is 1. The lowest BCUT2D eigenvalue weighted by Gasteiger charge is -2.29. The zero-order valence-corrected chi connectivity index (χ0v) is 18.5. The Bertz CT molecular complexity index is 973. The number of fused-ring (bicyclic) bond motifs is 3. The maximum absolute atomic E-state index is 12.7. The Kier molecular flexibility index (Phi) is 7.24. The molecule has 0 saturated carbocycles. The minimum Gasteiger partial charge on any atom is -0.481 e. The van der Waals surface area contributed by atoms with Crippen molar-refractivity contribution in [2.75, 3.05) is 19.7 Å². The summed E-state index contributed by atoms with van der Waals surface area (Å²) in [5.41, 5.74) is 7.25. The lowest BCUT2D eigenvalue weighted by molar-refractivity contribution is -0.137. The molecule has 1 unspecified atom stereocenters. The van der Waals surface area contributed by atoms with E-state index in [0.717, 1.165) is 54.6 Å². The molecule has 1 saturated heterocycles. The summed E-state index contributed by atoms with van der Waals surface area (Å²) in [7, 11) is 0. The maximum Gasteiger partial charge on any atom is 0.407 e. The van der Waals surface area contributed by atoms with E-state index in [1.807, 2.05) is 41.4 Å². The van der Waals surface area contributed by atoms with Crippen LogP contribution in [0.1, 0.15) is 49.1 Å². The molecule has 33 heavy (non-hydrogen) atoms. The number of carboxylic acid groups (broad SMARTS) is 1. The van der Waals surface area contributed by atoms with Gasteiger partial charge in [-0.1, -0.05) is 55.0 Å². The molecular weight excluding hydrogens is 422 g/mol. The Morgan fingerprint density at radius 2 is 1.58 bits per heavy atom. The first kappa shape index (κ1) is 22.8. The van der Waals surface area contributed by atoms with Crippen LogP contribution < -0.4 is 10.7 Å².